The van der Waals surface area contributed by atoms with Crippen LogP contribution in [0.5, 0.6) is 11.5 Å². The SMILES string of the molecule is C=CCc1cc(/C=N/NC(=O)C(=O)NCC(C)C)cc(OCC)c1O. The molecule has 1 rings (SSSR count). The van der Waals surface area contributed by atoms with Crippen molar-refractivity contribution in [2.75, 3.05) is 13.2 Å². The molecule has 0 saturated carbocycles. The van der Waals surface area contributed by atoms with E-state index in [0.29, 0.717) is 36.4 Å². The molecule has 0 heterocycles. The van der Waals surface area contributed by atoms with E-state index in [1.807, 2.05) is 20.8 Å². The second kappa shape index (κ2) is 10.1. The van der Waals surface area contributed by atoms with Crippen LogP contribution in [0.4, 0.5) is 0 Å². The van der Waals surface area contributed by atoms with Gasteiger partial charge in [0.05, 0.1) is 12.8 Å². The minimum atomic E-state index is -0.841. The number of nitrogens with zero attached hydrogens (tertiary/aromatic N) is 1. The highest BCUT2D eigenvalue weighted by molar-refractivity contribution is 6.35. The van der Waals surface area contributed by atoms with Crippen molar-refractivity contribution in [3.8, 4) is 11.5 Å². The largest absolute Gasteiger partial charge is 0.504 e. The van der Waals surface area contributed by atoms with E-state index in [1.165, 1.54) is 6.21 Å². The highest BCUT2D eigenvalue weighted by Crippen LogP contribution is 2.31. The summed E-state index contributed by atoms with van der Waals surface area (Å²) < 4.78 is 5.39. The van der Waals surface area contributed by atoms with Crippen molar-refractivity contribution in [1.82, 2.24) is 10.7 Å². The number of hydrogen-bond acceptors (Lipinski definition) is 5. The molecule has 0 aliphatic rings. The molecule has 1 aromatic carbocycles. The highest BCUT2D eigenvalue weighted by Gasteiger charge is 2.13. The molecular formula is C18H25N3O4. The Morgan fingerprint density at radius 3 is 2.68 bits per heavy atom. The molecule has 0 radical (unpaired) electrons. The number of aromatic hydroxyl groups is 1. The van der Waals surface area contributed by atoms with Gasteiger partial charge >= 0.3 is 11.8 Å². The van der Waals surface area contributed by atoms with Crippen molar-refractivity contribution < 1.29 is 19.4 Å². The van der Waals surface area contributed by atoms with Gasteiger partial charge in [-0.1, -0.05) is 19.9 Å². The van der Waals surface area contributed by atoms with E-state index in [2.05, 4.69) is 22.4 Å². The summed E-state index contributed by atoms with van der Waals surface area (Å²) in [7, 11) is 0. The Hall–Kier alpha value is -2.83. The van der Waals surface area contributed by atoms with Crippen molar-refractivity contribution in [3.63, 3.8) is 0 Å². The Balaban J connectivity index is 2.80. The summed E-state index contributed by atoms with van der Waals surface area (Å²) in [5, 5.41) is 16.4. The van der Waals surface area contributed by atoms with Gasteiger partial charge < -0.3 is 15.2 Å². The molecule has 7 nitrogen and oxygen atoms in total. The van der Waals surface area contributed by atoms with E-state index in [-0.39, 0.29) is 11.7 Å². The lowest BCUT2D eigenvalue weighted by Gasteiger charge is -2.10. The Kier molecular flexibility index (Phi) is 8.18. The van der Waals surface area contributed by atoms with Crippen molar-refractivity contribution in [2.24, 2.45) is 11.0 Å². The topological polar surface area (TPSA) is 100 Å². The predicted molar refractivity (Wildman–Crippen MR) is 96.8 cm³/mol. The average molecular weight is 347 g/mol. The quantitative estimate of drug-likeness (QED) is 0.289. The van der Waals surface area contributed by atoms with E-state index in [0.717, 1.165) is 0 Å². The Morgan fingerprint density at radius 1 is 1.36 bits per heavy atom. The number of hydrogen-bond donors (Lipinski definition) is 3. The number of carbonyl (C=O) groups is 2. The molecular weight excluding hydrogens is 322 g/mol. The van der Waals surface area contributed by atoms with Crippen LogP contribution in [0.2, 0.25) is 0 Å². The maximum absolute atomic E-state index is 11.6. The standard InChI is InChI=1S/C18H25N3O4/c1-5-7-14-8-13(9-15(16(14)22)25-6-2)11-20-21-18(24)17(23)19-10-12(3)4/h5,8-9,11-12,22H,1,6-7,10H2,2-4H3,(H,19,23)(H,21,24)/b20-11+. The second-order valence-electron chi connectivity index (χ2n) is 5.76. The van der Waals surface area contributed by atoms with Gasteiger partial charge in [0.15, 0.2) is 11.5 Å². The molecule has 0 atom stereocenters. The Bertz CT molecular complexity index is 654. The van der Waals surface area contributed by atoms with Gasteiger partial charge in [0.2, 0.25) is 0 Å². The molecule has 3 N–H and O–H groups in total. The number of allylic oxidation sites excluding steroid dienone is 1. The molecule has 0 aliphatic carbocycles. The van der Waals surface area contributed by atoms with Gasteiger partial charge in [-0.2, -0.15) is 5.10 Å². The maximum Gasteiger partial charge on any atom is 0.329 e. The van der Waals surface area contributed by atoms with Crippen molar-refractivity contribution in [1.29, 1.82) is 0 Å². The minimum Gasteiger partial charge on any atom is -0.504 e. The molecule has 0 saturated heterocycles. The summed E-state index contributed by atoms with van der Waals surface area (Å²) in [6, 6.07) is 3.30. The molecule has 25 heavy (non-hydrogen) atoms. The first kappa shape index (κ1) is 20.2. The molecule has 136 valence electrons. The van der Waals surface area contributed by atoms with Gasteiger partial charge in [-0.25, -0.2) is 5.43 Å². The van der Waals surface area contributed by atoms with Crippen LogP contribution in [0, 0.1) is 5.92 Å². The van der Waals surface area contributed by atoms with Crippen LogP contribution in [-0.2, 0) is 16.0 Å². The number of hydrazone groups is 1. The Morgan fingerprint density at radius 2 is 2.08 bits per heavy atom. The molecule has 0 bridgehead atoms. The lowest BCUT2D eigenvalue weighted by Crippen LogP contribution is -2.39. The van der Waals surface area contributed by atoms with Gasteiger partial charge in [-0.3, -0.25) is 9.59 Å². The third-order valence-electron chi connectivity index (χ3n) is 3.10. The van der Waals surface area contributed by atoms with Gasteiger partial charge in [0, 0.05) is 12.1 Å². The molecule has 1 aromatic rings. The lowest BCUT2D eigenvalue weighted by atomic mass is 10.1. The first-order chi connectivity index (χ1) is 11.9. The molecule has 0 aliphatic heterocycles. The fourth-order valence-corrected chi connectivity index (χ4v) is 1.93. The average Bonchev–Trinajstić information content (AvgIpc) is 2.56. The number of ether oxygens (including phenoxy) is 1. The minimum absolute atomic E-state index is 0.0519. The third-order valence-corrected chi connectivity index (χ3v) is 3.10. The van der Waals surface area contributed by atoms with E-state index in [4.69, 9.17) is 4.74 Å². The number of phenolic OH excluding ortho intramolecular Hbond substituents is 1. The summed E-state index contributed by atoms with van der Waals surface area (Å²) in [5.41, 5.74) is 3.41. The third kappa shape index (κ3) is 6.66. The summed E-state index contributed by atoms with van der Waals surface area (Å²) in [6.07, 6.45) is 3.49. The van der Waals surface area contributed by atoms with Crippen LogP contribution >= 0.6 is 0 Å². The van der Waals surface area contributed by atoms with Crippen LogP contribution in [0.1, 0.15) is 31.9 Å². The monoisotopic (exact) mass is 347 g/mol. The molecule has 0 aromatic heterocycles. The number of nitrogens with one attached hydrogen (secondary N) is 2. The van der Waals surface area contributed by atoms with Crippen LogP contribution < -0.4 is 15.5 Å². The summed E-state index contributed by atoms with van der Waals surface area (Å²) in [5.74, 6) is -0.955. The van der Waals surface area contributed by atoms with Crippen molar-refractivity contribution >= 4 is 18.0 Å². The van der Waals surface area contributed by atoms with Crippen LogP contribution in [-0.4, -0.2) is 36.3 Å². The number of benzene rings is 1. The first-order valence-corrected chi connectivity index (χ1v) is 8.09. The number of amides is 2. The summed E-state index contributed by atoms with van der Waals surface area (Å²) >= 11 is 0. The lowest BCUT2D eigenvalue weighted by molar-refractivity contribution is -0.139. The maximum atomic E-state index is 11.6. The first-order valence-electron chi connectivity index (χ1n) is 8.09. The van der Waals surface area contributed by atoms with Crippen LogP contribution in [0.25, 0.3) is 0 Å². The highest BCUT2D eigenvalue weighted by atomic mass is 16.5. The molecule has 0 unspecified atom stereocenters. The van der Waals surface area contributed by atoms with Gasteiger partial charge in [0.1, 0.15) is 0 Å². The molecule has 7 heteroatoms. The fraction of sp³-hybridized carbons (Fsp3) is 0.389. The number of rotatable bonds is 8. The zero-order valence-electron chi connectivity index (χ0n) is 14.8. The van der Waals surface area contributed by atoms with E-state index >= 15 is 0 Å². The molecule has 2 amide bonds. The van der Waals surface area contributed by atoms with Gasteiger partial charge in [-0.15, -0.1) is 6.58 Å². The van der Waals surface area contributed by atoms with E-state index in [9.17, 15) is 14.7 Å². The summed E-state index contributed by atoms with van der Waals surface area (Å²) in [4.78, 5) is 23.2. The Labute approximate surface area is 147 Å². The number of carbonyl (C=O) groups excluding carboxylic acids is 2. The molecule has 0 spiro atoms. The zero-order chi connectivity index (χ0) is 18.8. The van der Waals surface area contributed by atoms with Crippen molar-refractivity contribution in [2.45, 2.75) is 27.2 Å². The molecule has 0 fully saturated rings. The second-order valence-corrected chi connectivity index (χ2v) is 5.76. The van der Waals surface area contributed by atoms with Gasteiger partial charge in [-0.05, 0) is 37.0 Å². The smallest absolute Gasteiger partial charge is 0.329 e. The van der Waals surface area contributed by atoms with Crippen molar-refractivity contribution in [3.05, 3.63) is 35.9 Å². The predicted octanol–water partition coefficient (Wildman–Crippen LogP) is 1.74. The fourth-order valence-electron chi connectivity index (χ4n) is 1.93. The normalized spacial score (nSPS) is 10.7. The summed E-state index contributed by atoms with van der Waals surface area (Å²) in [6.45, 7) is 10.1. The van der Waals surface area contributed by atoms with Gasteiger partial charge in [0.25, 0.3) is 0 Å². The van der Waals surface area contributed by atoms with E-state index < -0.39 is 11.8 Å². The van der Waals surface area contributed by atoms with Crippen LogP contribution in [0.3, 0.4) is 0 Å². The van der Waals surface area contributed by atoms with E-state index in [1.54, 1.807) is 18.2 Å². The number of phenols is 1. The zero-order valence-corrected chi connectivity index (χ0v) is 14.8. The van der Waals surface area contributed by atoms with Crippen LogP contribution in [0.15, 0.2) is 29.9 Å².